The number of benzene rings is 2. The van der Waals surface area contributed by atoms with Crippen molar-refractivity contribution in [1.82, 2.24) is 35.6 Å². The second-order valence-corrected chi connectivity index (χ2v) is 27.2. The molecule has 0 aliphatic carbocycles. The summed E-state index contributed by atoms with van der Waals surface area (Å²) in [6.07, 6.45) is -8.23. The molecule has 4 aliphatic heterocycles. The van der Waals surface area contributed by atoms with Gasteiger partial charge in [0.2, 0.25) is 23.6 Å². The van der Waals surface area contributed by atoms with Crippen molar-refractivity contribution in [2.24, 2.45) is 17.6 Å². The van der Waals surface area contributed by atoms with Gasteiger partial charge < -0.3 is 65.3 Å². The van der Waals surface area contributed by atoms with Crippen LogP contribution in [0.15, 0.2) is 24.3 Å². The molecule has 2 saturated heterocycles. The van der Waals surface area contributed by atoms with Crippen LogP contribution >= 0.6 is 12.4 Å². The molecule has 9 amide bonds. The van der Waals surface area contributed by atoms with E-state index in [2.05, 4.69) is 16.0 Å². The Hall–Kier alpha value is -7.10. The van der Waals surface area contributed by atoms with Crippen LogP contribution in [0.25, 0.3) is 0 Å². The average molecular weight is 1360 g/mol. The number of carbonyl (C=O) groups excluding carboxylic acids is 9. The van der Waals surface area contributed by atoms with Crippen molar-refractivity contribution in [3.63, 3.8) is 0 Å². The van der Waals surface area contributed by atoms with E-state index in [1.807, 2.05) is 13.8 Å². The molecule has 2 fully saturated rings. The topological polar surface area (TPSA) is 263 Å². The highest BCUT2D eigenvalue weighted by Crippen LogP contribution is 2.47. The molecule has 4 atom stereocenters. The number of amides is 9. The molecule has 0 radical (unpaired) electrons. The Morgan fingerprint density at radius 2 is 1.00 bits per heavy atom. The van der Waals surface area contributed by atoms with Gasteiger partial charge in [-0.15, -0.1) is 12.4 Å². The smallest absolute Gasteiger partial charge is 0.417 e. The summed E-state index contributed by atoms with van der Waals surface area (Å²) in [4.78, 5) is 127. The third kappa shape index (κ3) is 19.3. The molecule has 4 heterocycles. The van der Waals surface area contributed by atoms with Crippen LogP contribution in [0.4, 0.5) is 42.5 Å². The van der Waals surface area contributed by atoms with Crippen LogP contribution in [-0.4, -0.2) is 178 Å². The van der Waals surface area contributed by atoms with E-state index in [4.69, 9.17) is 19.9 Å². The van der Waals surface area contributed by atoms with Gasteiger partial charge in [0.25, 0.3) is 23.6 Å². The van der Waals surface area contributed by atoms with Crippen LogP contribution in [0.1, 0.15) is 188 Å². The van der Waals surface area contributed by atoms with E-state index in [0.29, 0.717) is 38.8 Å². The van der Waals surface area contributed by atoms with E-state index in [1.54, 1.807) is 81.1 Å². The van der Waals surface area contributed by atoms with Crippen LogP contribution in [0, 0.1) is 11.8 Å². The number of alkyl halides is 6. The van der Waals surface area contributed by atoms with Gasteiger partial charge in [-0.05, 0) is 138 Å². The zero-order valence-electron chi connectivity index (χ0n) is 57.2. The highest BCUT2D eigenvalue weighted by molar-refractivity contribution is 6.06. The molecule has 0 aromatic heterocycles. The number of hydrogen-bond donors (Lipinski definition) is 4. The Labute approximate surface area is 553 Å². The fourth-order valence-corrected chi connectivity index (χ4v) is 11.7. The van der Waals surface area contributed by atoms with Gasteiger partial charge in [0.05, 0.1) is 39.7 Å². The van der Waals surface area contributed by atoms with E-state index in [1.165, 1.54) is 52.2 Å². The maximum atomic E-state index is 14.7. The van der Waals surface area contributed by atoms with Crippen molar-refractivity contribution in [3.8, 4) is 11.5 Å². The fourth-order valence-electron chi connectivity index (χ4n) is 11.7. The van der Waals surface area contributed by atoms with E-state index in [0.717, 1.165) is 24.3 Å². The van der Waals surface area contributed by atoms with Gasteiger partial charge in [-0.2, -0.15) is 26.3 Å². The van der Waals surface area contributed by atoms with Gasteiger partial charge in [0.1, 0.15) is 23.1 Å². The molecule has 0 spiro atoms. The number of halogens is 7. The number of alkyl carbamates (subject to hydrolysis) is 1. The largest absolute Gasteiger partial charge is 0.476 e. The molecule has 6 rings (SSSR count). The van der Waals surface area contributed by atoms with Crippen molar-refractivity contribution >= 4 is 77.1 Å². The number of ether oxygens (including phenoxy) is 3. The van der Waals surface area contributed by atoms with E-state index >= 15 is 0 Å². The quantitative estimate of drug-likeness (QED) is 0.0958. The van der Waals surface area contributed by atoms with E-state index < -0.39 is 117 Å². The maximum absolute atomic E-state index is 14.7. The van der Waals surface area contributed by atoms with Crippen LogP contribution in [0.2, 0.25) is 0 Å². The van der Waals surface area contributed by atoms with Crippen molar-refractivity contribution in [2.75, 3.05) is 62.2 Å². The number of carbonyl (C=O) groups is 9. The minimum Gasteiger partial charge on any atom is -0.476 e. The van der Waals surface area contributed by atoms with Crippen molar-refractivity contribution < 1.29 is 83.7 Å². The summed E-state index contributed by atoms with van der Waals surface area (Å²) in [7, 11) is 0. The molecule has 29 heteroatoms. The summed E-state index contributed by atoms with van der Waals surface area (Å²) in [5.74, 6) is -4.83. The van der Waals surface area contributed by atoms with Gasteiger partial charge in [-0.25, -0.2) is 4.79 Å². The maximum Gasteiger partial charge on any atom is 0.417 e. The summed E-state index contributed by atoms with van der Waals surface area (Å²) in [5.41, 5.74) is -1.38. The number of nitrogens with one attached hydrogen (secondary N) is 3. The third-order valence-corrected chi connectivity index (χ3v) is 16.5. The third-order valence-electron chi connectivity index (χ3n) is 16.5. The second kappa shape index (κ2) is 31.6. The Kier molecular flexibility index (Phi) is 26.7. The minimum atomic E-state index is -4.95. The Morgan fingerprint density at radius 3 is 1.32 bits per heavy atom. The van der Waals surface area contributed by atoms with Crippen LogP contribution in [0.3, 0.4) is 0 Å². The summed E-state index contributed by atoms with van der Waals surface area (Å²) in [6, 6.07) is -0.305. The molecule has 2 aromatic carbocycles. The first-order valence-corrected chi connectivity index (χ1v) is 31.9. The lowest BCUT2D eigenvalue weighted by Crippen LogP contribution is -2.58. The van der Waals surface area contributed by atoms with E-state index in [-0.39, 0.29) is 123 Å². The van der Waals surface area contributed by atoms with Gasteiger partial charge in [-0.1, -0.05) is 41.5 Å². The highest BCUT2D eigenvalue weighted by atomic mass is 35.5. The first kappa shape index (κ1) is 79.3. The van der Waals surface area contributed by atoms with Crippen LogP contribution in [0.5, 0.6) is 11.5 Å². The summed E-state index contributed by atoms with van der Waals surface area (Å²) >= 11 is 0. The Balaban J connectivity index is 0.000000400. The number of anilines is 2. The number of rotatable bonds is 19. The van der Waals surface area contributed by atoms with Gasteiger partial charge >= 0.3 is 18.4 Å². The molecular formula is C65H97ClF6N10O12. The standard InChI is InChI=1S/C35H52F3N5O7.C30H44F3N5O5.ClH/c1-11-27(44)39-14-16-42-25-17-23(24(35(36,37)38)18-26(25)49-34(9,10)31(42)47)29(45)43(21(4)5)22-13-12-15-41(19-22)30(46)28(20(2)3)40-32(48)50-33(6,7)8;1-8-24(39)35-11-13-37-22-14-20(21(30(31,32)33)15-23(22)43-29(6,7)28(37)42)26(40)38(18(4)5)19-10-9-12-36(16-19)27(41)25(34)17(2)3;/h17-18,20-22,28H,11-16,19H2,1-10H3,(H,39,44)(H,40,48);14-15,17-19,25H,8-13,16,34H2,1-7H3,(H,35,39);1H/t22-,28+;19-,25+;/m11./s1. The summed E-state index contributed by atoms with van der Waals surface area (Å²) < 4.78 is 104. The summed E-state index contributed by atoms with van der Waals surface area (Å²) in [5, 5.41) is 7.98. The number of likely N-dealkylation sites (tertiary alicyclic amines) is 2. The number of nitrogens with two attached hydrogens (primary N) is 1. The fraction of sp³-hybridized carbons (Fsp3) is 0.677. The molecule has 5 N–H and O–H groups in total. The van der Waals surface area contributed by atoms with Crippen LogP contribution < -0.4 is 41.0 Å². The second-order valence-electron chi connectivity index (χ2n) is 27.2. The van der Waals surface area contributed by atoms with Gasteiger partial charge in [-0.3, -0.25) is 38.4 Å². The first-order valence-electron chi connectivity index (χ1n) is 31.9. The highest BCUT2D eigenvalue weighted by Gasteiger charge is 2.49. The molecule has 94 heavy (non-hydrogen) atoms. The van der Waals surface area contributed by atoms with Crippen LogP contribution in [-0.2, 0) is 45.9 Å². The monoisotopic (exact) mass is 1360 g/mol. The average Bonchev–Trinajstić information content (AvgIpc) is 0.750. The normalized spacial score (nSPS) is 18.5. The Morgan fingerprint density at radius 1 is 0.628 bits per heavy atom. The van der Waals surface area contributed by atoms with Crippen molar-refractivity contribution in [1.29, 1.82) is 0 Å². The molecule has 2 aromatic rings. The molecule has 22 nitrogen and oxygen atoms in total. The molecular weight excluding hydrogens is 1260 g/mol. The molecule has 0 bridgehead atoms. The minimum absolute atomic E-state index is 0. The molecule has 0 saturated carbocycles. The predicted octanol–water partition coefficient (Wildman–Crippen LogP) is 9.11. The molecule has 528 valence electrons. The Bertz CT molecular complexity index is 3100. The van der Waals surface area contributed by atoms with Gasteiger partial charge in [0, 0.05) is 89.4 Å². The first-order chi connectivity index (χ1) is 42.9. The predicted molar refractivity (Wildman–Crippen MR) is 343 cm³/mol. The zero-order chi connectivity index (χ0) is 70.4. The van der Waals surface area contributed by atoms with Crippen molar-refractivity contribution in [2.45, 2.75) is 222 Å². The molecule has 4 aliphatic rings. The zero-order valence-corrected chi connectivity index (χ0v) is 58.0. The van der Waals surface area contributed by atoms with Crippen molar-refractivity contribution in [3.05, 3.63) is 46.5 Å². The lowest BCUT2D eigenvalue weighted by atomic mass is 9.95. The number of hydrogen-bond acceptors (Lipinski definition) is 13. The lowest BCUT2D eigenvalue weighted by molar-refractivity contribution is -0.139. The number of nitrogens with zero attached hydrogens (tertiary/aromatic N) is 6. The number of piperidine rings is 2. The number of fused-ring (bicyclic) bond motifs is 2. The lowest BCUT2D eigenvalue weighted by Gasteiger charge is -2.43. The molecule has 0 unspecified atom stereocenters. The SMILES string of the molecule is CCC(=O)NCCN1C(=O)C(C)(C)Oc2cc(C(F)(F)F)c(C(=O)N(C(C)C)[C@@H]3CCCN(C(=O)[C@@H](N)C(C)C)C3)cc21.CCC(=O)NCCN1C(=O)C(C)(C)Oc2cc(C(F)(F)F)c(C(=O)N(C(C)C)[C@@H]3CCCN(C(=O)[C@@H](NC(=O)OC(C)(C)C)C(C)C)C3)cc21.Cl. The van der Waals surface area contributed by atoms with Gasteiger partial charge in [0.15, 0.2) is 11.2 Å². The van der Waals surface area contributed by atoms with E-state index in [9.17, 15) is 69.5 Å². The summed E-state index contributed by atoms with van der Waals surface area (Å²) in [6.45, 7) is 29.2.